The van der Waals surface area contributed by atoms with Crippen LogP contribution in [0.25, 0.3) is 10.2 Å². The molecule has 2 heterocycles. The fourth-order valence-corrected chi connectivity index (χ4v) is 4.51. The van der Waals surface area contributed by atoms with Crippen molar-refractivity contribution in [1.29, 1.82) is 0 Å². The number of hydrazine groups is 1. The average Bonchev–Trinajstić information content (AvgIpc) is 3.21. The molecule has 0 bridgehead atoms. The van der Waals surface area contributed by atoms with Gasteiger partial charge in [0.25, 0.3) is 5.56 Å². The molecule has 9 heteroatoms. The van der Waals surface area contributed by atoms with Gasteiger partial charge in [-0.25, -0.2) is 15.0 Å². The molecule has 2 aromatic heterocycles. The number of fused-ring (bicyclic) bond motifs is 1. The molecule has 0 aliphatic heterocycles. The number of hydrogen-bond acceptors (Lipinski definition) is 6. The molecule has 1 amide bonds. The van der Waals surface area contributed by atoms with Gasteiger partial charge in [-0.15, -0.1) is 11.3 Å². The molecule has 1 aliphatic carbocycles. The van der Waals surface area contributed by atoms with E-state index in [0.29, 0.717) is 23.3 Å². The summed E-state index contributed by atoms with van der Waals surface area (Å²) in [4.78, 5) is 39.4. The maximum atomic E-state index is 13.1. The zero-order chi connectivity index (χ0) is 20.9. The van der Waals surface area contributed by atoms with E-state index < -0.39 is 11.7 Å². The summed E-state index contributed by atoms with van der Waals surface area (Å²) in [5.74, 6) is 0. The summed E-state index contributed by atoms with van der Waals surface area (Å²) in [6.45, 7) is 11.9. The van der Waals surface area contributed by atoms with E-state index >= 15 is 0 Å². The molecular weight excluding hydrogens is 380 g/mol. The number of nitrogens with one attached hydrogen (secondary N) is 2. The van der Waals surface area contributed by atoms with E-state index in [0.717, 1.165) is 23.3 Å². The molecule has 0 unspecified atom stereocenters. The quantitative estimate of drug-likeness (QED) is 0.742. The topological polar surface area (TPSA) is 94.4 Å². The van der Waals surface area contributed by atoms with Crippen LogP contribution in [0.1, 0.15) is 57.9 Å². The van der Waals surface area contributed by atoms with E-state index in [-0.39, 0.29) is 16.8 Å². The van der Waals surface area contributed by atoms with Crippen LogP contribution in [0.15, 0.2) is 9.59 Å². The second-order valence-corrected chi connectivity index (χ2v) is 9.56. The van der Waals surface area contributed by atoms with E-state index in [2.05, 4.69) is 10.9 Å². The third-order valence-electron chi connectivity index (χ3n) is 4.98. The van der Waals surface area contributed by atoms with E-state index in [1.807, 2.05) is 20.8 Å². The van der Waals surface area contributed by atoms with Crippen LogP contribution in [0.3, 0.4) is 0 Å². The maximum Gasteiger partial charge on any atom is 0.422 e. The van der Waals surface area contributed by atoms with E-state index in [1.54, 1.807) is 25.3 Å². The normalized spacial score (nSPS) is 15.6. The molecule has 0 spiro atoms. The summed E-state index contributed by atoms with van der Waals surface area (Å²) < 4.78 is 8.28. The molecular formula is C19H28N4O4S. The number of thiophene rings is 1. The van der Waals surface area contributed by atoms with Gasteiger partial charge in [-0.2, -0.15) is 0 Å². The Labute approximate surface area is 167 Å². The predicted molar refractivity (Wildman–Crippen MR) is 110 cm³/mol. The Morgan fingerprint density at radius 1 is 1.29 bits per heavy atom. The molecule has 1 fully saturated rings. The smallest absolute Gasteiger partial charge is 0.422 e. The van der Waals surface area contributed by atoms with Gasteiger partial charge in [-0.1, -0.05) is 0 Å². The van der Waals surface area contributed by atoms with Crippen molar-refractivity contribution >= 4 is 27.6 Å². The van der Waals surface area contributed by atoms with Gasteiger partial charge >= 0.3 is 11.8 Å². The fraction of sp³-hybridized carbons (Fsp3) is 0.632. The zero-order valence-corrected chi connectivity index (χ0v) is 18.1. The summed E-state index contributed by atoms with van der Waals surface area (Å²) in [6, 6.07) is 0. The van der Waals surface area contributed by atoms with Crippen LogP contribution < -0.4 is 22.1 Å². The van der Waals surface area contributed by atoms with Crippen molar-refractivity contribution in [2.45, 2.75) is 78.6 Å². The van der Waals surface area contributed by atoms with Crippen LogP contribution in [0.4, 0.5) is 4.79 Å². The highest BCUT2D eigenvalue weighted by molar-refractivity contribution is 7.18. The van der Waals surface area contributed by atoms with Crippen molar-refractivity contribution in [3.05, 3.63) is 31.3 Å². The largest absolute Gasteiger partial charge is 0.443 e. The lowest BCUT2D eigenvalue weighted by Crippen LogP contribution is -2.44. The molecule has 1 aliphatic rings. The summed E-state index contributed by atoms with van der Waals surface area (Å²) in [5.41, 5.74) is 4.77. The first kappa shape index (κ1) is 20.6. The number of amides is 1. The minimum absolute atomic E-state index is 0.218. The van der Waals surface area contributed by atoms with Gasteiger partial charge < -0.3 is 4.74 Å². The van der Waals surface area contributed by atoms with Crippen molar-refractivity contribution in [2.75, 3.05) is 0 Å². The van der Waals surface area contributed by atoms with Crippen LogP contribution in [0.5, 0.6) is 0 Å². The van der Waals surface area contributed by atoms with Crippen molar-refractivity contribution < 1.29 is 9.53 Å². The Balaban J connectivity index is 1.93. The van der Waals surface area contributed by atoms with Gasteiger partial charge in [0.2, 0.25) is 0 Å². The lowest BCUT2D eigenvalue weighted by molar-refractivity contribution is 0.0497. The average molecular weight is 409 g/mol. The molecule has 2 N–H and O–H groups in total. The zero-order valence-electron chi connectivity index (χ0n) is 17.3. The van der Waals surface area contributed by atoms with Gasteiger partial charge in [-0.3, -0.25) is 19.4 Å². The van der Waals surface area contributed by atoms with Crippen LogP contribution >= 0.6 is 11.3 Å². The molecule has 8 nitrogen and oxygen atoms in total. The van der Waals surface area contributed by atoms with Crippen molar-refractivity contribution in [1.82, 2.24) is 20.0 Å². The van der Waals surface area contributed by atoms with Crippen molar-refractivity contribution in [3.8, 4) is 0 Å². The molecule has 0 saturated heterocycles. The van der Waals surface area contributed by atoms with Crippen LogP contribution in [-0.2, 0) is 23.4 Å². The Hall–Kier alpha value is -2.13. The Bertz CT molecular complexity index is 1040. The van der Waals surface area contributed by atoms with Crippen LogP contribution in [0, 0.1) is 6.92 Å². The molecule has 2 aromatic rings. The van der Waals surface area contributed by atoms with Gasteiger partial charge in [0.05, 0.1) is 10.9 Å². The number of aryl methyl sites for hydroxylation is 2. The van der Waals surface area contributed by atoms with E-state index in [1.165, 1.54) is 15.9 Å². The first-order valence-electron chi connectivity index (χ1n) is 9.48. The van der Waals surface area contributed by atoms with E-state index in [4.69, 9.17) is 4.74 Å². The molecule has 154 valence electrons. The summed E-state index contributed by atoms with van der Waals surface area (Å²) >= 11 is 1.40. The SMILES string of the molecule is CCn1c(=O)n(C2(C)CC2)c(=O)c2c(C)c(CNNC(=O)OC(C)(C)C)sc21. The van der Waals surface area contributed by atoms with Crippen LogP contribution in [0.2, 0.25) is 0 Å². The molecule has 28 heavy (non-hydrogen) atoms. The number of ether oxygens (including phenoxy) is 1. The maximum absolute atomic E-state index is 13.1. The van der Waals surface area contributed by atoms with Crippen molar-refractivity contribution in [2.24, 2.45) is 0 Å². The third-order valence-corrected chi connectivity index (χ3v) is 6.29. The molecule has 0 radical (unpaired) electrons. The second-order valence-electron chi connectivity index (χ2n) is 8.48. The highest BCUT2D eigenvalue weighted by Crippen LogP contribution is 2.41. The Kier molecular flexibility index (Phi) is 5.18. The summed E-state index contributed by atoms with van der Waals surface area (Å²) in [7, 11) is 0. The van der Waals surface area contributed by atoms with Crippen molar-refractivity contribution in [3.63, 3.8) is 0 Å². The van der Waals surface area contributed by atoms with Gasteiger partial charge in [0.1, 0.15) is 10.4 Å². The highest BCUT2D eigenvalue weighted by atomic mass is 32.1. The number of hydrogen-bond donors (Lipinski definition) is 2. The highest BCUT2D eigenvalue weighted by Gasteiger charge is 2.42. The number of aromatic nitrogens is 2. The number of nitrogens with zero attached hydrogens (tertiary/aromatic N) is 2. The fourth-order valence-electron chi connectivity index (χ4n) is 3.22. The minimum atomic E-state index is -0.583. The standard InChI is InChI=1S/C19H28N4O4S/c1-7-22-15-13(14(24)23(17(22)26)19(6)8-9-19)11(2)12(28-15)10-20-21-16(25)27-18(3,4)5/h20H,7-10H2,1-6H3,(H,21,25). The van der Waals surface area contributed by atoms with Gasteiger partial charge in [-0.05, 0) is 59.9 Å². The summed E-state index contributed by atoms with van der Waals surface area (Å²) in [5, 5.41) is 0.591. The van der Waals surface area contributed by atoms with Gasteiger partial charge in [0.15, 0.2) is 0 Å². The predicted octanol–water partition coefficient (Wildman–Crippen LogP) is 2.59. The number of carbonyl (C=O) groups is 1. The first-order valence-corrected chi connectivity index (χ1v) is 10.3. The first-order chi connectivity index (χ1) is 13.0. The second kappa shape index (κ2) is 7.04. The molecule has 0 atom stereocenters. The van der Waals surface area contributed by atoms with Gasteiger partial charge in [0, 0.05) is 18.0 Å². The number of carbonyl (C=O) groups excluding carboxylic acids is 1. The monoisotopic (exact) mass is 408 g/mol. The molecule has 1 saturated carbocycles. The lowest BCUT2D eigenvalue weighted by atomic mass is 10.2. The lowest BCUT2D eigenvalue weighted by Gasteiger charge is -2.19. The van der Waals surface area contributed by atoms with E-state index in [9.17, 15) is 14.4 Å². The molecule has 0 aromatic carbocycles. The summed E-state index contributed by atoms with van der Waals surface area (Å²) in [6.07, 6.45) is 1.12. The third kappa shape index (κ3) is 3.73. The Morgan fingerprint density at radius 2 is 1.93 bits per heavy atom. The minimum Gasteiger partial charge on any atom is -0.443 e. The number of rotatable bonds is 5. The Morgan fingerprint density at radius 3 is 2.46 bits per heavy atom. The molecule has 3 rings (SSSR count). The van der Waals surface area contributed by atoms with Crippen LogP contribution in [-0.4, -0.2) is 20.8 Å².